The van der Waals surface area contributed by atoms with Crippen molar-refractivity contribution in [1.29, 1.82) is 0 Å². The van der Waals surface area contributed by atoms with E-state index in [-0.39, 0.29) is 0 Å². The molecule has 0 saturated carbocycles. The third kappa shape index (κ3) is 1.67. The summed E-state index contributed by atoms with van der Waals surface area (Å²) in [5, 5.41) is 4.16. The molecular weight excluding hydrogens is 140 g/mol. The number of nitrogens with zero attached hydrogens (tertiary/aromatic N) is 2. The zero-order chi connectivity index (χ0) is 8.27. The van der Waals surface area contributed by atoms with Crippen molar-refractivity contribution in [2.24, 2.45) is 7.05 Å². The number of aromatic nitrogens is 2. The molecule has 0 aliphatic heterocycles. The normalized spacial score (nSPS) is 10.0. The van der Waals surface area contributed by atoms with Gasteiger partial charge in [-0.25, -0.2) is 0 Å². The Morgan fingerprint density at radius 3 is 3.00 bits per heavy atom. The molecule has 0 spiro atoms. The van der Waals surface area contributed by atoms with E-state index in [1.165, 1.54) is 0 Å². The van der Waals surface area contributed by atoms with Crippen LogP contribution in [0.5, 0.6) is 0 Å². The first-order valence-corrected chi connectivity index (χ1v) is 3.75. The second-order valence-corrected chi connectivity index (χ2v) is 2.57. The molecule has 0 fully saturated rings. The molecule has 0 saturated heterocycles. The lowest BCUT2D eigenvalue weighted by atomic mass is 10.2. The predicted octanol–water partition coefficient (Wildman–Crippen LogP) is 1.19. The van der Waals surface area contributed by atoms with Crippen LogP contribution in [0, 0.1) is 0 Å². The van der Waals surface area contributed by atoms with E-state index in [4.69, 9.17) is 0 Å². The maximum absolute atomic E-state index is 10.5. The van der Waals surface area contributed by atoms with Crippen LogP contribution in [0.2, 0.25) is 0 Å². The minimum Gasteiger partial charge on any atom is -0.298 e. The van der Waals surface area contributed by atoms with Crippen LogP contribution >= 0.6 is 0 Å². The minimum atomic E-state index is 0.717. The Labute approximate surface area is 66.0 Å². The van der Waals surface area contributed by atoms with E-state index in [0.717, 1.165) is 24.8 Å². The van der Waals surface area contributed by atoms with Gasteiger partial charge in [-0.15, -0.1) is 0 Å². The molecule has 0 aromatic carbocycles. The van der Waals surface area contributed by atoms with Gasteiger partial charge in [-0.2, -0.15) is 5.10 Å². The third-order valence-corrected chi connectivity index (χ3v) is 1.55. The SMILES string of the molecule is CCCc1nn(C)cc1C=O. The fourth-order valence-electron chi connectivity index (χ4n) is 1.08. The van der Waals surface area contributed by atoms with E-state index in [0.29, 0.717) is 5.56 Å². The van der Waals surface area contributed by atoms with Crippen LogP contribution in [0.15, 0.2) is 6.20 Å². The number of hydrogen-bond donors (Lipinski definition) is 0. The lowest BCUT2D eigenvalue weighted by Crippen LogP contribution is -1.91. The van der Waals surface area contributed by atoms with E-state index >= 15 is 0 Å². The number of aldehydes is 1. The summed E-state index contributed by atoms with van der Waals surface area (Å²) in [6.07, 6.45) is 4.52. The molecule has 11 heavy (non-hydrogen) atoms. The van der Waals surface area contributed by atoms with Crippen molar-refractivity contribution in [3.63, 3.8) is 0 Å². The highest BCUT2D eigenvalue weighted by Gasteiger charge is 2.03. The largest absolute Gasteiger partial charge is 0.298 e. The molecule has 0 N–H and O–H groups in total. The molecule has 1 rings (SSSR count). The number of hydrogen-bond acceptors (Lipinski definition) is 2. The third-order valence-electron chi connectivity index (χ3n) is 1.55. The van der Waals surface area contributed by atoms with Crippen LogP contribution in [0.25, 0.3) is 0 Å². The average Bonchev–Trinajstić information content (AvgIpc) is 2.32. The number of aryl methyl sites for hydroxylation is 2. The Morgan fingerprint density at radius 2 is 2.45 bits per heavy atom. The smallest absolute Gasteiger partial charge is 0.153 e. The topological polar surface area (TPSA) is 34.9 Å². The molecule has 0 atom stereocenters. The summed E-state index contributed by atoms with van der Waals surface area (Å²) in [5.74, 6) is 0. The summed E-state index contributed by atoms with van der Waals surface area (Å²) in [4.78, 5) is 10.5. The van der Waals surface area contributed by atoms with Crippen molar-refractivity contribution in [3.8, 4) is 0 Å². The van der Waals surface area contributed by atoms with Crippen LogP contribution in [-0.4, -0.2) is 16.1 Å². The molecule has 0 radical (unpaired) electrons. The zero-order valence-corrected chi connectivity index (χ0v) is 6.87. The molecule has 0 amide bonds. The fourth-order valence-corrected chi connectivity index (χ4v) is 1.08. The molecule has 0 bridgehead atoms. The first kappa shape index (κ1) is 7.98. The van der Waals surface area contributed by atoms with Gasteiger partial charge in [0.2, 0.25) is 0 Å². The number of rotatable bonds is 3. The standard InChI is InChI=1S/C8H12N2O/c1-3-4-8-7(6-11)5-10(2)9-8/h5-6H,3-4H2,1-2H3. The highest BCUT2D eigenvalue weighted by Crippen LogP contribution is 2.05. The Balaban J connectivity index is 2.92. The van der Waals surface area contributed by atoms with Crippen LogP contribution in [-0.2, 0) is 13.5 Å². The van der Waals surface area contributed by atoms with E-state index in [1.807, 2.05) is 7.05 Å². The zero-order valence-electron chi connectivity index (χ0n) is 6.87. The molecule has 1 aromatic heterocycles. The molecule has 0 unspecified atom stereocenters. The van der Waals surface area contributed by atoms with E-state index in [2.05, 4.69) is 12.0 Å². The quantitative estimate of drug-likeness (QED) is 0.610. The van der Waals surface area contributed by atoms with Gasteiger partial charge in [0, 0.05) is 13.2 Å². The summed E-state index contributed by atoms with van der Waals surface area (Å²) in [6, 6.07) is 0. The number of carbonyl (C=O) groups is 1. The van der Waals surface area contributed by atoms with Crippen molar-refractivity contribution in [2.75, 3.05) is 0 Å². The average molecular weight is 152 g/mol. The fraction of sp³-hybridized carbons (Fsp3) is 0.500. The molecule has 0 aliphatic rings. The Kier molecular flexibility index (Phi) is 2.41. The highest BCUT2D eigenvalue weighted by molar-refractivity contribution is 5.75. The molecule has 0 aliphatic carbocycles. The summed E-state index contributed by atoms with van der Waals surface area (Å²) in [6.45, 7) is 2.07. The second kappa shape index (κ2) is 3.32. The van der Waals surface area contributed by atoms with Gasteiger partial charge in [-0.05, 0) is 6.42 Å². The van der Waals surface area contributed by atoms with Crippen LogP contribution in [0.1, 0.15) is 29.4 Å². The van der Waals surface area contributed by atoms with E-state index < -0.39 is 0 Å². The van der Waals surface area contributed by atoms with Gasteiger partial charge in [0.15, 0.2) is 6.29 Å². The van der Waals surface area contributed by atoms with Crippen molar-refractivity contribution in [2.45, 2.75) is 19.8 Å². The Bertz CT molecular complexity index is 253. The number of carbonyl (C=O) groups excluding carboxylic acids is 1. The molecule has 3 nitrogen and oxygen atoms in total. The maximum atomic E-state index is 10.5. The van der Waals surface area contributed by atoms with Crippen LogP contribution in [0.4, 0.5) is 0 Å². The molecular formula is C8H12N2O. The van der Waals surface area contributed by atoms with Gasteiger partial charge in [0.05, 0.1) is 11.3 Å². The lowest BCUT2D eigenvalue weighted by Gasteiger charge is -1.90. The Hall–Kier alpha value is -1.12. The second-order valence-electron chi connectivity index (χ2n) is 2.57. The minimum absolute atomic E-state index is 0.717. The first-order valence-electron chi connectivity index (χ1n) is 3.75. The molecule has 1 heterocycles. The highest BCUT2D eigenvalue weighted by atomic mass is 16.1. The predicted molar refractivity (Wildman–Crippen MR) is 42.6 cm³/mol. The van der Waals surface area contributed by atoms with Gasteiger partial charge < -0.3 is 0 Å². The van der Waals surface area contributed by atoms with E-state index in [1.54, 1.807) is 10.9 Å². The molecule has 1 aromatic rings. The first-order chi connectivity index (χ1) is 5.27. The van der Waals surface area contributed by atoms with Gasteiger partial charge >= 0.3 is 0 Å². The van der Waals surface area contributed by atoms with E-state index in [9.17, 15) is 4.79 Å². The van der Waals surface area contributed by atoms with Gasteiger partial charge in [0.25, 0.3) is 0 Å². The maximum Gasteiger partial charge on any atom is 0.153 e. The van der Waals surface area contributed by atoms with Crippen molar-refractivity contribution in [3.05, 3.63) is 17.5 Å². The summed E-state index contributed by atoms with van der Waals surface area (Å²) in [7, 11) is 1.83. The Morgan fingerprint density at radius 1 is 1.73 bits per heavy atom. The van der Waals surface area contributed by atoms with Crippen molar-refractivity contribution >= 4 is 6.29 Å². The molecule has 3 heteroatoms. The summed E-state index contributed by atoms with van der Waals surface area (Å²) < 4.78 is 1.68. The van der Waals surface area contributed by atoms with Crippen molar-refractivity contribution < 1.29 is 4.79 Å². The van der Waals surface area contributed by atoms with Crippen LogP contribution in [0.3, 0.4) is 0 Å². The van der Waals surface area contributed by atoms with Crippen molar-refractivity contribution in [1.82, 2.24) is 9.78 Å². The lowest BCUT2D eigenvalue weighted by molar-refractivity contribution is 0.112. The van der Waals surface area contributed by atoms with Gasteiger partial charge in [-0.3, -0.25) is 9.48 Å². The summed E-state index contributed by atoms with van der Waals surface area (Å²) in [5.41, 5.74) is 1.62. The summed E-state index contributed by atoms with van der Waals surface area (Å²) >= 11 is 0. The monoisotopic (exact) mass is 152 g/mol. The van der Waals surface area contributed by atoms with Gasteiger partial charge in [0.1, 0.15) is 0 Å². The molecule has 60 valence electrons. The van der Waals surface area contributed by atoms with Crippen LogP contribution < -0.4 is 0 Å². The van der Waals surface area contributed by atoms with Gasteiger partial charge in [-0.1, -0.05) is 13.3 Å².